The van der Waals surface area contributed by atoms with Gasteiger partial charge in [-0.1, -0.05) is 36.4 Å². The van der Waals surface area contributed by atoms with Gasteiger partial charge < -0.3 is 9.47 Å². The summed E-state index contributed by atoms with van der Waals surface area (Å²) < 4.78 is 11.2. The molecule has 136 valence electrons. The third-order valence-corrected chi connectivity index (χ3v) is 3.99. The summed E-state index contributed by atoms with van der Waals surface area (Å²) in [7, 11) is 0. The summed E-state index contributed by atoms with van der Waals surface area (Å²) in [5.74, 6) is 0.477. The molecule has 0 aliphatic rings. The lowest BCUT2D eigenvalue weighted by atomic mass is 9.97. The molecule has 0 fully saturated rings. The van der Waals surface area contributed by atoms with Gasteiger partial charge in [-0.2, -0.15) is 10.5 Å². The molecular formula is C23H16N2O3. The predicted octanol–water partition coefficient (Wildman–Crippen LogP) is 4.61. The highest BCUT2D eigenvalue weighted by Gasteiger charge is 2.20. The second-order valence-corrected chi connectivity index (χ2v) is 5.94. The van der Waals surface area contributed by atoms with E-state index in [1.54, 1.807) is 72.8 Å². The lowest BCUT2D eigenvalue weighted by Crippen LogP contribution is -2.19. The zero-order chi connectivity index (χ0) is 19.8. The first-order valence-electron chi connectivity index (χ1n) is 8.58. The Kier molecular flexibility index (Phi) is 6.02. The number of rotatable bonds is 7. The van der Waals surface area contributed by atoms with E-state index in [1.807, 2.05) is 12.1 Å². The Balaban J connectivity index is 1.59. The van der Waals surface area contributed by atoms with Gasteiger partial charge in [0.2, 0.25) is 0 Å². The zero-order valence-corrected chi connectivity index (χ0v) is 14.9. The third-order valence-electron chi connectivity index (χ3n) is 3.99. The monoisotopic (exact) mass is 368 g/mol. The number of nitriles is 2. The van der Waals surface area contributed by atoms with E-state index in [9.17, 15) is 10.1 Å². The van der Waals surface area contributed by atoms with Crippen LogP contribution in [0.4, 0.5) is 0 Å². The van der Waals surface area contributed by atoms with E-state index in [0.29, 0.717) is 28.4 Å². The second kappa shape index (κ2) is 9.02. The Morgan fingerprint density at radius 3 is 2.25 bits per heavy atom. The van der Waals surface area contributed by atoms with Crippen molar-refractivity contribution < 1.29 is 14.3 Å². The largest absolute Gasteiger partial charge is 0.486 e. The summed E-state index contributed by atoms with van der Waals surface area (Å²) in [6.45, 7) is -0.197. The van der Waals surface area contributed by atoms with Gasteiger partial charge in [-0.25, -0.2) is 0 Å². The number of ether oxygens (including phenoxy) is 2. The average Bonchev–Trinajstić information content (AvgIpc) is 2.75. The van der Waals surface area contributed by atoms with Crippen LogP contribution in [0.2, 0.25) is 0 Å². The number of hydrogen-bond acceptors (Lipinski definition) is 5. The summed E-state index contributed by atoms with van der Waals surface area (Å²) in [6.07, 6.45) is 0. The molecule has 5 heteroatoms. The maximum Gasteiger partial charge on any atom is 0.191 e. The molecule has 0 amide bonds. The van der Waals surface area contributed by atoms with Crippen LogP contribution in [0.3, 0.4) is 0 Å². The van der Waals surface area contributed by atoms with Gasteiger partial charge in [0.25, 0.3) is 0 Å². The van der Waals surface area contributed by atoms with Crippen LogP contribution in [-0.4, -0.2) is 12.4 Å². The zero-order valence-electron chi connectivity index (χ0n) is 14.9. The molecular weight excluding hydrogens is 352 g/mol. The topological polar surface area (TPSA) is 83.1 Å². The van der Waals surface area contributed by atoms with Crippen molar-refractivity contribution in [1.82, 2.24) is 0 Å². The van der Waals surface area contributed by atoms with E-state index in [-0.39, 0.29) is 12.4 Å². The SMILES string of the molecule is N#Cc1cccc(Oc2ccc(OCC(=O)C(C#N)c3ccccc3)cc2)c1. The molecule has 0 saturated carbocycles. The molecule has 3 aromatic rings. The van der Waals surface area contributed by atoms with Crippen molar-refractivity contribution >= 4 is 5.78 Å². The normalized spacial score (nSPS) is 10.9. The predicted molar refractivity (Wildman–Crippen MR) is 103 cm³/mol. The van der Waals surface area contributed by atoms with Crippen LogP contribution in [0.25, 0.3) is 0 Å². The molecule has 0 saturated heterocycles. The second-order valence-electron chi connectivity index (χ2n) is 5.94. The Hall–Kier alpha value is -4.09. The number of carbonyl (C=O) groups excluding carboxylic acids is 1. The van der Waals surface area contributed by atoms with Crippen molar-refractivity contribution in [3.63, 3.8) is 0 Å². The lowest BCUT2D eigenvalue weighted by molar-refractivity contribution is -0.121. The number of nitrogens with zero attached hydrogens (tertiary/aromatic N) is 2. The smallest absolute Gasteiger partial charge is 0.191 e. The molecule has 0 heterocycles. The van der Waals surface area contributed by atoms with E-state index in [4.69, 9.17) is 14.7 Å². The highest BCUT2D eigenvalue weighted by atomic mass is 16.5. The molecule has 3 rings (SSSR count). The summed E-state index contributed by atoms with van der Waals surface area (Å²) >= 11 is 0. The van der Waals surface area contributed by atoms with Gasteiger partial charge in [0.05, 0.1) is 17.7 Å². The first-order valence-corrected chi connectivity index (χ1v) is 8.58. The molecule has 0 bridgehead atoms. The summed E-state index contributed by atoms with van der Waals surface area (Å²) in [5.41, 5.74) is 1.17. The maximum atomic E-state index is 12.3. The molecule has 5 nitrogen and oxygen atoms in total. The first kappa shape index (κ1) is 18.7. The minimum Gasteiger partial charge on any atom is -0.486 e. The maximum absolute atomic E-state index is 12.3. The van der Waals surface area contributed by atoms with Crippen LogP contribution in [0.15, 0.2) is 78.9 Å². The van der Waals surface area contributed by atoms with Crippen molar-refractivity contribution in [2.75, 3.05) is 6.61 Å². The summed E-state index contributed by atoms with van der Waals surface area (Å²) in [6, 6.07) is 26.6. The number of benzene rings is 3. The standard InChI is InChI=1S/C23H16N2O3/c24-14-17-5-4-8-21(13-17)28-20-11-9-19(10-12-20)27-16-23(26)22(15-25)18-6-2-1-3-7-18/h1-13,22H,16H2. The van der Waals surface area contributed by atoms with Crippen LogP contribution >= 0.6 is 0 Å². The van der Waals surface area contributed by atoms with Crippen molar-refractivity contribution in [3.05, 3.63) is 90.0 Å². The summed E-state index contributed by atoms with van der Waals surface area (Å²) in [4.78, 5) is 12.3. The molecule has 0 aliphatic carbocycles. The fraction of sp³-hybridized carbons (Fsp3) is 0.0870. The highest BCUT2D eigenvalue weighted by Crippen LogP contribution is 2.25. The first-order chi connectivity index (χ1) is 13.7. The van der Waals surface area contributed by atoms with Gasteiger partial charge in [-0.15, -0.1) is 0 Å². The molecule has 28 heavy (non-hydrogen) atoms. The average molecular weight is 368 g/mol. The molecule has 0 radical (unpaired) electrons. The van der Waals surface area contributed by atoms with Crippen molar-refractivity contribution in [3.8, 4) is 29.4 Å². The van der Waals surface area contributed by atoms with Gasteiger partial charge in [-0.3, -0.25) is 4.79 Å². The molecule has 1 unspecified atom stereocenters. The van der Waals surface area contributed by atoms with Gasteiger partial charge in [0.1, 0.15) is 29.8 Å². The van der Waals surface area contributed by atoms with E-state index in [2.05, 4.69) is 6.07 Å². The van der Waals surface area contributed by atoms with Crippen LogP contribution in [-0.2, 0) is 4.79 Å². The van der Waals surface area contributed by atoms with E-state index in [1.165, 1.54) is 0 Å². The van der Waals surface area contributed by atoms with E-state index >= 15 is 0 Å². The molecule has 0 aliphatic heterocycles. The molecule has 0 aromatic heterocycles. The van der Waals surface area contributed by atoms with Gasteiger partial charge in [0.15, 0.2) is 5.78 Å². The quantitative estimate of drug-likeness (QED) is 0.608. The Bertz CT molecular complexity index is 1030. The van der Waals surface area contributed by atoms with Crippen LogP contribution in [0, 0.1) is 22.7 Å². The Labute approximate surface area is 163 Å². The number of ketones is 1. The number of carbonyl (C=O) groups is 1. The van der Waals surface area contributed by atoms with Gasteiger partial charge >= 0.3 is 0 Å². The number of Topliss-reactive ketones (excluding diaryl/α,β-unsaturated/α-hetero) is 1. The van der Waals surface area contributed by atoms with E-state index < -0.39 is 5.92 Å². The van der Waals surface area contributed by atoms with Gasteiger partial charge in [-0.05, 0) is 48.0 Å². The number of hydrogen-bond donors (Lipinski definition) is 0. The van der Waals surface area contributed by atoms with Crippen LogP contribution < -0.4 is 9.47 Å². The van der Waals surface area contributed by atoms with Crippen molar-refractivity contribution in [2.24, 2.45) is 0 Å². The summed E-state index contributed by atoms with van der Waals surface area (Å²) in [5, 5.41) is 18.2. The molecule has 1 atom stereocenters. The molecule has 0 spiro atoms. The minimum absolute atomic E-state index is 0.197. The van der Waals surface area contributed by atoms with Crippen molar-refractivity contribution in [2.45, 2.75) is 5.92 Å². The van der Waals surface area contributed by atoms with Crippen LogP contribution in [0.1, 0.15) is 17.0 Å². The molecule has 0 N–H and O–H groups in total. The Morgan fingerprint density at radius 2 is 1.57 bits per heavy atom. The van der Waals surface area contributed by atoms with Crippen LogP contribution in [0.5, 0.6) is 17.2 Å². The third kappa shape index (κ3) is 4.75. The fourth-order valence-electron chi connectivity index (χ4n) is 2.58. The Morgan fingerprint density at radius 1 is 0.857 bits per heavy atom. The molecule has 3 aromatic carbocycles. The fourth-order valence-corrected chi connectivity index (χ4v) is 2.58. The lowest BCUT2D eigenvalue weighted by Gasteiger charge is -2.11. The highest BCUT2D eigenvalue weighted by molar-refractivity contribution is 5.89. The van der Waals surface area contributed by atoms with E-state index in [0.717, 1.165) is 0 Å². The minimum atomic E-state index is -0.851. The van der Waals surface area contributed by atoms with Crippen molar-refractivity contribution in [1.29, 1.82) is 10.5 Å². The van der Waals surface area contributed by atoms with Gasteiger partial charge in [0, 0.05) is 0 Å².